The molecule has 0 fully saturated rings. The lowest BCUT2D eigenvalue weighted by Gasteiger charge is -2.16. The van der Waals surface area contributed by atoms with Gasteiger partial charge in [-0.15, -0.1) is 0 Å². The summed E-state index contributed by atoms with van der Waals surface area (Å²) >= 11 is 6.25. The SMILES string of the molecule is CCCOC(=O)c1cccc(N2C(=O)C(Cl)=C(Nc3ccc(C(=O)Nc4ccccc4C(C)C)cc3)C2=O)c1. The predicted octanol–water partition coefficient (Wildman–Crippen LogP) is 6.06. The first-order valence-corrected chi connectivity index (χ1v) is 12.9. The maximum absolute atomic E-state index is 13.2. The van der Waals surface area contributed by atoms with E-state index in [2.05, 4.69) is 24.5 Å². The van der Waals surface area contributed by atoms with Crippen molar-refractivity contribution in [1.29, 1.82) is 0 Å². The number of ether oxygens (including phenoxy) is 1. The number of imide groups is 1. The normalized spacial score (nSPS) is 13.2. The summed E-state index contributed by atoms with van der Waals surface area (Å²) in [5, 5.41) is 5.54. The van der Waals surface area contributed by atoms with E-state index in [-0.39, 0.29) is 40.4 Å². The van der Waals surface area contributed by atoms with E-state index < -0.39 is 17.8 Å². The molecule has 1 aliphatic heterocycles. The third kappa shape index (κ3) is 6.02. The van der Waals surface area contributed by atoms with Crippen LogP contribution in [0.2, 0.25) is 0 Å². The number of esters is 1. The molecule has 0 radical (unpaired) electrons. The molecule has 1 heterocycles. The van der Waals surface area contributed by atoms with Gasteiger partial charge < -0.3 is 15.4 Å². The Morgan fingerprint density at radius 3 is 2.33 bits per heavy atom. The molecule has 0 bridgehead atoms. The number of rotatable bonds is 9. The molecule has 3 aromatic rings. The number of hydrogen-bond acceptors (Lipinski definition) is 6. The van der Waals surface area contributed by atoms with E-state index in [9.17, 15) is 19.2 Å². The highest BCUT2D eigenvalue weighted by Gasteiger charge is 2.39. The summed E-state index contributed by atoms with van der Waals surface area (Å²) in [5.74, 6) is -1.97. The number of amides is 3. The van der Waals surface area contributed by atoms with Gasteiger partial charge in [0.05, 0.1) is 17.9 Å². The number of carbonyl (C=O) groups excluding carboxylic acids is 4. The van der Waals surface area contributed by atoms with Gasteiger partial charge in [-0.2, -0.15) is 0 Å². The highest BCUT2D eigenvalue weighted by molar-refractivity contribution is 6.53. The Labute approximate surface area is 231 Å². The predicted molar refractivity (Wildman–Crippen MR) is 151 cm³/mol. The Hall–Kier alpha value is -4.43. The van der Waals surface area contributed by atoms with Crippen LogP contribution in [-0.4, -0.2) is 30.3 Å². The first kappa shape index (κ1) is 27.6. The van der Waals surface area contributed by atoms with Crippen molar-refractivity contribution in [2.24, 2.45) is 0 Å². The van der Waals surface area contributed by atoms with Gasteiger partial charge in [0.25, 0.3) is 17.7 Å². The van der Waals surface area contributed by atoms with Crippen LogP contribution in [-0.2, 0) is 14.3 Å². The van der Waals surface area contributed by atoms with Crippen LogP contribution < -0.4 is 15.5 Å². The molecule has 0 spiro atoms. The number of nitrogens with one attached hydrogen (secondary N) is 2. The fourth-order valence-electron chi connectivity index (χ4n) is 4.05. The van der Waals surface area contributed by atoms with Crippen molar-refractivity contribution >= 4 is 52.4 Å². The molecule has 200 valence electrons. The molecule has 8 nitrogen and oxygen atoms in total. The van der Waals surface area contributed by atoms with Crippen LogP contribution in [0, 0.1) is 0 Å². The Bertz CT molecular complexity index is 1460. The second-order valence-electron chi connectivity index (χ2n) is 9.22. The van der Waals surface area contributed by atoms with Crippen LogP contribution in [0.25, 0.3) is 0 Å². The third-order valence-corrected chi connectivity index (χ3v) is 6.40. The number of anilines is 3. The van der Waals surface area contributed by atoms with E-state index in [1.54, 1.807) is 36.4 Å². The first-order valence-electron chi connectivity index (χ1n) is 12.5. The minimum atomic E-state index is -0.719. The van der Waals surface area contributed by atoms with Crippen LogP contribution in [0.15, 0.2) is 83.5 Å². The number of para-hydroxylation sites is 1. The Kier molecular flexibility index (Phi) is 8.46. The number of nitrogens with zero attached hydrogens (tertiary/aromatic N) is 1. The molecule has 3 aromatic carbocycles. The Morgan fingerprint density at radius 2 is 1.64 bits per heavy atom. The molecular formula is C30H28ClN3O5. The minimum absolute atomic E-state index is 0.108. The molecule has 9 heteroatoms. The van der Waals surface area contributed by atoms with Gasteiger partial charge in [-0.3, -0.25) is 14.4 Å². The van der Waals surface area contributed by atoms with Gasteiger partial charge in [0.1, 0.15) is 10.7 Å². The summed E-state index contributed by atoms with van der Waals surface area (Å²) in [5.41, 5.74) is 2.95. The van der Waals surface area contributed by atoms with Crippen molar-refractivity contribution in [3.63, 3.8) is 0 Å². The largest absolute Gasteiger partial charge is 0.462 e. The molecule has 0 saturated carbocycles. The fourth-order valence-corrected chi connectivity index (χ4v) is 4.27. The van der Waals surface area contributed by atoms with Crippen LogP contribution in [0.5, 0.6) is 0 Å². The second-order valence-corrected chi connectivity index (χ2v) is 9.60. The lowest BCUT2D eigenvalue weighted by Crippen LogP contribution is -2.32. The zero-order valence-electron chi connectivity index (χ0n) is 21.8. The van der Waals surface area contributed by atoms with E-state index in [1.165, 1.54) is 12.1 Å². The van der Waals surface area contributed by atoms with Crippen LogP contribution >= 0.6 is 11.6 Å². The summed E-state index contributed by atoms with van der Waals surface area (Å²) in [7, 11) is 0. The lowest BCUT2D eigenvalue weighted by atomic mass is 10.0. The van der Waals surface area contributed by atoms with Gasteiger partial charge >= 0.3 is 5.97 Å². The van der Waals surface area contributed by atoms with E-state index in [0.29, 0.717) is 17.7 Å². The van der Waals surface area contributed by atoms with E-state index in [0.717, 1.165) is 16.2 Å². The van der Waals surface area contributed by atoms with Crippen LogP contribution in [0.3, 0.4) is 0 Å². The van der Waals surface area contributed by atoms with E-state index >= 15 is 0 Å². The molecule has 0 unspecified atom stereocenters. The standard InChI is InChI=1S/C30H28ClN3O5/c1-4-16-39-30(38)20-8-7-9-22(17-20)34-28(36)25(31)26(29(34)37)32-21-14-12-19(13-15-21)27(35)33-24-11-6-5-10-23(24)18(2)3/h5-15,17-18,32H,4,16H2,1-3H3,(H,33,35). The molecule has 1 aliphatic rings. The van der Waals surface area contributed by atoms with Crippen LogP contribution in [0.1, 0.15) is 59.4 Å². The van der Waals surface area contributed by atoms with Crippen molar-refractivity contribution in [1.82, 2.24) is 0 Å². The van der Waals surface area contributed by atoms with Crippen molar-refractivity contribution in [3.05, 3.63) is 100 Å². The highest BCUT2D eigenvalue weighted by atomic mass is 35.5. The van der Waals surface area contributed by atoms with Gasteiger partial charge in [-0.25, -0.2) is 9.69 Å². The molecule has 0 aliphatic carbocycles. The quantitative estimate of drug-likeness (QED) is 0.250. The maximum atomic E-state index is 13.2. The van der Waals surface area contributed by atoms with Gasteiger partial charge in [0.15, 0.2) is 0 Å². The smallest absolute Gasteiger partial charge is 0.338 e. The molecule has 0 atom stereocenters. The summed E-state index contributed by atoms with van der Waals surface area (Å²) in [6.07, 6.45) is 0.667. The first-order chi connectivity index (χ1) is 18.7. The number of carbonyl (C=O) groups is 4. The molecule has 4 rings (SSSR count). The molecule has 0 saturated heterocycles. The van der Waals surface area contributed by atoms with Gasteiger partial charge in [0.2, 0.25) is 0 Å². The van der Waals surface area contributed by atoms with Crippen molar-refractivity contribution in [2.75, 3.05) is 22.1 Å². The number of benzene rings is 3. The van der Waals surface area contributed by atoms with Crippen LogP contribution in [0.4, 0.5) is 17.1 Å². The third-order valence-electron chi connectivity index (χ3n) is 6.05. The van der Waals surface area contributed by atoms with Crippen molar-refractivity contribution in [2.45, 2.75) is 33.1 Å². The lowest BCUT2D eigenvalue weighted by molar-refractivity contribution is -0.120. The van der Waals surface area contributed by atoms with Gasteiger partial charge in [-0.1, -0.05) is 56.6 Å². The summed E-state index contributed by atoms with van der Waals surface area (Å²) in [4.78, 5) is 52.0. The summed E-state index contributed by atoms with van der Waals surface area (Å²) < 4.78 is 5.14. The van der Waals surface area contributed by atoms with Crippen molar-refractivity contribution < 1.29 is 23.9 Å². The zero-order chi connectivity index (χ0) is 28.1. The average Bonchev–Trinajstić information content (AvgIpc) is 3.15. The zero-order valence-corrected chi connectivity index (χ0v) is 22.5. The maximum Gasteiger partial charge on any atom is 0.338 e. The van der Waals surface area contributed by atoms with Crippen molar-refractivity contribution in [3.8, 4) is 0 Å². The molecule has 3 amide bonds. The molecular weight excluding hydrogens is 518 g/mol. The Morgan fingerprint density at radius 1 is 0.923 bits per heavy atom. The number of hydrogen-bond donors (Lipinski definition) is 2. The van der Waals surface area contributed by atoms with Gasteiger partial charge in [0, 0.05) is 16.9 Å². The fraction of sp³-hybridized carbons (Fsp3) is 0.200. The van der Waals surface area contributed by atoms with E-state index in [4.69, 9.17) is 16.3 Å². The summed E-state index contributed by atoms with van der Waals surface area (Å²) in [6.45, 7) is 6.25. The Balaban J connectivity index is 1.47. The molecule has 0 aromatic heterocycles. The average molecular weight is 546 g/mol. The molecule has 39 heavy (non-hydrogen) atoms. The minimum Gasteiger partial charge on any atom is -0.462 e. The second kappa shape index (κ2) is 12.0. The molecule has 2 N–H and O–H groups in total. The number of halogens is 1. The summed E-state index contributed by atoms with van der Waals surface area (Å²) in [6, 6.07) is 20.1. The topological polar surface area (TPSA) is 105 Å². The van der Waals surface area contributed by atoms with Gasteiger partial charge in [-0.05, 0) is 66.4 Å². The monoisotopic (exact) mass is 545 g/mol. The highest BCUT2D eigenvalue weighted by Crippen LogP contribution is 2.31. The van der Waals surface area contributed by atoms with E-state index in [1.807, 2.05) is 31.2 Å².